The summed E-state index contributed by atoms with van der Waals surface area (Å²) in [7, 11) is 1.96. The normalized spacial score (nSPS) is 16.8. The number of hydrogen-bond acceptors (Lipinski definition) is 1. The van der Waals surface area contributed by atoms with Crippen molar-refractivity contribution >= 4 is 28.7 Å². The Labute approximate surface area is 130 Å². The van der Waals surface area contributed by atoms with Crippen LogP contribution in [0.3, 0.4) is 0 Å². The first-order chi connectivity index (χ1) is 10.7. The van der Waals surface area contributed by atoms with E-state index in [2.05, 4.69) is 28.5 Å². The van der Waals surface area contributed by atoms with Gasteiger partial charge in [-0.2, -0.15) is 4.99 Å². The second kappa shape index (κ2) is 6.43. The minimum absolute atomic E-state index is 0.319. The van der Waals surface area contributed by atoms with E-state index < -0.39 is 0 Å². The number of benzene rings is 2. The fourth-order valence-electron chi connectivity index (χ4n) is 2.68. The van der Waals surface area contributed by atoms with Crippen molar-refractivity contribution in [2.45, 2.75) is 12.8 Å². The minimum atomic E-state index is -0.319. The molecule has 1 heterocycles. The molecule has 0 saturated carbocycles. The van der Waals surface area contributed by atoms with E-state index in [1.165, 1.54) is 5.39 Å². The van der Waals surface area contributed by atoms with Crippen molar-refractivity contribution in [2.75, 3.05) is 13.6 Å². The average molecular weight is 293 g/mol. The average Bonchev–Trinajstić information content (AvgIpc) is 2.93. The van der Waals surface area contributed by atoms with Gasteiger partial charge in [-0.3, -0.25) is 0 Å². The number of aliphatic imine (C=N–C) groups is 1. The van der Waals surface area contributed by atoms with Gasteiger partial charge in [0.1, 0.15) is 5.84 Å². The molecule has 0 aliphatic carbocycles. The summed E-state index contributed by atoms with van der Waals surface area (Å²) in [6, 6.07) is 14.0. The summed E-state index contributed by atoms with van der Waals surface area (Å²) in [5.74, 6) is 0.857. The molecule has 1 saturated heterocycles. The number of fused-ring (bicyclic) bond motifs is 1. The first-order valence-electron chi connectivity index (χ1n) is 7.47. The van der Waals surface area contributed by atoms with E-state index in [-0.39, 0.29) is 6.03 Å². The zero-order valence-corrected chi connectivity index (χ0v) is 12.6. The Hall–Kier alpha value is -2.62. The number of carbonyl (C=O) groups excluding carboxylic acids is 1. The van der Waals surface area contributed by atoms with Crippen molar-refractivity contribution in [3.63, 3.8) is 0 Å². The number of nitrogens with zero attached hydrogens (tertiary/aromatic N) is 2. The minimum Gasteiger partial charge on any atom is -0.363 e. The van der Waals surface area contributed by atoms with Gasteiger partial charge in [-0.15, -0.1) is 0 Å². The molecule has 0 unspecified atom stereocenters. The number of likely N-dealkylation sites (tertiary alicyclic amines) is 1. The maximum Gasteiger partial charge on any atom is 0.346 e. The highest BCUT2D eigenvalue weighted by molar-refractivity contribution is 5.95. The number of nitrogens with one attached hydrogen (secondary N) is 1. The summed E-state index contributed by atoms with van der Waals surface area (Å²) in [5, 5.41) is 5.06. The zero-order chi connectivity index (χ0) is 15.4. The largest absolute Gasteiger partial charge is 0.363 e. The number of amidine groups is 1. The Bertz CT molecular complexity index is 744. The molecule has 3 rings (SSSR count). The standard InChI is InChI=1S/C18H19N3O/c1-21-13-5-10-17(21)20-18(22)19-12-11-15-8-4-7-14-6-2-3-9-16(14)15/h2-4,6-9,11-12H,5,10,13H2,1H3,(H,19,22). The summed E-state index contributed by atoms with van der Waals surface area (Å²) in [6.07, 6.45) is 5.49. The first-order valence-corrected chi connectivity index (χ1v) is 7.47. The van der Waals surface area contributed by atoms with Gasteiger partial charge < -0.3 is 10.2 Å². The van der Waals surface area contributed by atoms with Crippen LogP contribution >= 0.6 is 0 Å². The highest BCUT2D eigenvalue weighted by atomic mass is 16.2. The third kappa shape index (κ3) is 3.17. The molecule has 22 heavy (non-hydrogen) atoms. The van der Waals surface area contributed by atoms with E-state index >= 15 is 0 Å². The first kappa shape index (κ1) is 14.3. The van der Waals surface area contributed by atoms with E-state index in [0.29, 0.717) is 0 Å². The van der Waals surface area contributed by atoms with Crippen molar-refractivity contribution in [1.29, 1.82) is 0 Å². The fourth-order valence-corrected chi connectivity index (χ4v) is 2.68. The molecule has 2 aromatic carbocycles. The van der Waals surface area contributed by atoms with E-state index in [4.69, 9.17) is 0 Å². The lowest BCUT2D eigenvalue weighted by Gasteiger charge is -2.09. The number of carbonyl (C=O) groups is 1. The smallest absolute Gasteiger partial charge is 0.346 e. The van der Waals surface area contributed by atoms with Gasteiger partial charge in [-0.1, -0.05) is 42.5 Å². The number of rotatable bonds is 2. The summed E-state index contributed by atoms with van der Waals surface area (Å²) in [6.45, 7) is 0.970. The van der Waals surface area contributed by atoms with Crippen LogP contribution < -0.4 is 5.32 Å². The van der Waals surface area contributed by atoms with Gasteiger partial charge in [-0.25, -0.2) is 4.79 Å². The van der Waals surface area contributed by atoms with E-state index in [1.54, 1.807) is 6.20 Å². The summed E-state index contributed by atoms with van der Waals surface area (Å²) < 4.78 is 0. The van der Waals surface area contributed by atoms with Crippen LogP contribution in [0.4, 0.5) is 4.79 Å². The molecule has 1 aliphatic rings. The van der Waals surface area contributed by atoms with Gasteiger partial charge in [0, 0.05) is 26.2 Å². The lowest BCUT2D eigenvalue weighted by atomic mass is 10.0. The van der Waals surface area contributed by atoms with Crippen LogP contribution in [-0.4, -0.2) is 30.4 Å². The van der Waals surface area contributed by atoms with Crippen molar-refractivity contribution in [1.82, 2.24) is 10.2 Å². The van der Waals surface area contributed by atoms with Crippen LogP contribution in [0.5, 0.6) is 0 Å². The second-order valence-corrected chi connectivity index (χ2v) is 5.40. The Kier molecular flexibility index (Phi) is 4.19. The topological polar surface area (TPSA) is 44.7 Å². The molecule has 0 atom stereocenters. The summed E-state index contributed by atoms with van der Waals surface area (Å²) >= 11 is 0. The SMILES string of the molecule is CN1CCCC1=NC(=O)NC=Cc1cccc2ccccc12. The Morgan fingerprint density at radius 1 is 1.23 bits per heavy atom. The number of amides is 2. The predicted molar refractivity (Wildman–Crippen MR) is 90.8 cm³/mol. The molecule has 1 N–H and O–H groups in total. The van der Waals surface area contributed by atoms with E-state index in [1.807, 2.05) is 42.3 Å². The lowest BCUT2D eigenvalue weighted by Crippen LogP contribution is -2.23. The van der Waals surface area contributed by atoms with Crippen LogP contribution in [0.1, 0.15) is 18.4 Å². The third-order valence-electron chi connectivity index (χ3n) is 3.86. The molecule has 0 radical (unpaired) electrons. The van der Waals surface area contributed by atoms with Crippen molar-refractivity contribution < 1.29 is 4.79 Å². The molecule has 2 aromatic rings. The lowest BCUT2D eigenvalue weighted by molar-refractivity contribution is 0.252. The van der Waals surface area contributed by atoms with Gasteiger partial charge in [0.05, 0.1) is 0 Å². The monoisotopic (exact) mass is 293 g/mol. The second-order valence-electron chi connectivity index (χ2n) is 5.40. The van der Waals surface area contributed by atoms with Gasteiger partial charge >= 0.3 is 6.03 Å². The Morgan fingerprint density at radius 2 is 2.05 bits per heavy atom. The highest BCUT2D eigenvalue weighted by Gasteiger charge is 2.14. The molecule has 0 bridgehead atoms. The molecule has 4 heteroatoms. The Balaban J connectivity index is 1.70. The molecule has 0 spiro atoms. The molecule has 4 nitrogen and oxygen atoms in total. The number of hydrogen-bond donors (Lipinski definition) is 1. The van der Waals surface area contributed by atoms with Crippen molar-refractivity contribution in [3.8, 4) is 0 Å². The zero-order valence-electron chi connectivity index (χ0n) is 12.6. The van der Waals surface area contributed by atoms with Gasteiger partial charge in [0.15, 0.2) is 0 Å². The van der Waals surface area contributed by atoms with E-state index in [0.717, 1.165) is 36.2 Å². The van der Waals surface area contributed by atoms with Crippen LogP contribution in [0, 0.1) is 0 Å². The third-order valence-corrected chi connectivity index (χ3v) is 3.86. The van der Waals surface area contributed by atoms with Crippen LogP contribution in [-0.2, 0) is 0 Å². The molecule has 2 amide bonds. The molecular formula is C18H19N3O. The van der Waals surface area contributed by atoms with Crippen molar-refractivity contribution in [3.05, 3.63) is 54.2 Å². The molecular weight excluding hydrogens is 274 g/mol. The predicted octanol–water partition coefficient (Wildman–Crippen LogP) is 3.64. The van der Waals surface area contributed by atoms with Crippen LogP contribution in [0.15, 0.2) is 53.7 Å². The van der Waals surface area contributed by atoms with Crippen molar-refractivity contribution in [2.24, 2.45) is 4.99 Å². The summed E-state index contributed by atoms with van der Waals surface area (Å²) in [5.41, 5.74) is 1.07. The van der Waals surface area contributed by atoms with Gasteiger partial charge in [0.25, 0.3) is 0 Å². The Morgan fingerprint density at radius 3 is 2.86 bits per heavy atom. The molecule has 112 valence electrons. The molecule has 1 aliphatic heterocycles. The fraction of sp³-hybridized carbons (Fsp3) is 0.222. The summed E-state index contributed by atoms with van der Waals surface area (Å²) in [4.78, 5) is 17.9. The van der Waals surface area contributed by atoms with E-state index in [9.17, 15) is 4.79 Å². The molecule has 0 aromatic heterocycles. The van der Waals surface area contributed by atoms with Crippen LogP contribution in [0.2, 0.25) is 0 Å². The van der Waals surface area contributed by atoms with Crippen LogP contribution in [0.25, 0.3) is 16.8 Å². The molecule has 1 fully saturated rings. The van der Waals surface area contributed by atoms with Gasteiger partial charge in [0.2, 0.25) is 0 Å². The highest BCUT2D eigenvalue weighted by Crippen LogP contribution is 2.19. The maximum absolute atomic E-state index is 11.8. The maximum atomic E-state index is 11.8. The van der Waals surface area contributed by atoms with Gasteiger partial charge in [-0.05, 0) is 28.8 Å². The quantitative estimate of drug-likeness (QED) is 0.918. The number of urea groups is 1.